The van der Waals surface area contributed by atoms with Crippen molar-refractivity contribution in [3.05, 3.63) is 16.7 Å². The summed E-state index contributed by atoms with van der Waals surface area (Å²) < 4.78 is 5.62. The zero-order chi connectivity index (χ0) is 11.1. The van der Waals surface area contributed by atoms with Crippen molar-refractivity contribution in [2.24, 2.45) is 4.99 Å². The third-order valence-electron chi connectivity index (χ3n) is 2.18. The van der Waals surface area contributed by atoms with Gasteiger partial charge in [-0.15, -0.1) is 9.24 Å². The number of hydrogen-bond acceptors (Lipinski definition) is 3. The van der Waals surface area contributed by atoms with E-state index in [9.17, 15) is 0 Å². The molecule has 0 fully saturated rings. The van der Waals surface area contributed by atoms with Crippen LogP contribution in [0.1, 0.15) is 32.6 Å². The molecule has 0 radical (unpaired) electrons. The summed E-state index contributed by atoms with van der Waals surface area (Å²) in [5.74, 6) is 1.07. The van der Waals surface area contributed by atoms with E-state index in [4.69, 9.17) is 4.42 Å². The topological polar surface area (TPSA) is 38.4 Å². The lowest BCUT2D eigenvalue weighted by atomic mass is 10.2. The van der Waals surface area contributed by atoms with Crippen LogP contribution in [0.2, 0.25) is 0 Å². The van der Waals surface area contributed by atoms with Gasteiger partial charge in [-0.2, -0.15) is 0 Å². The van der Waals surface area contributed by atoms with Gasteiger partial charge in [0, 0.05) is 17.3 Å². The summed E-state index contributed by atoms with van der Waals surface area (Å²) in [4.78, 5) is 8.66. The number of rotatable bonds is 1. The molecule has 1 aromatic rings. The van der Waals surface area contributed by atoms with Crippen molar-refractivity contribution in [1.29, 1.82) is 0 Å². The fourth-order valence-electron chi connectivity index (χ4n) is 1.40. The van der Waals surface area contributed by atoms with Gasteiger partial charge in [-0.05, 0) is 13.0 Å². The lowest BCUT2D eigenvalue weighted by Gasteiger charge is -2.10. The fraction of sp³-hybridized carbons (Fsp3) is 0.455. The standard InChI is InChI=1S/C11H15N2OP/c1-7(2)10-13-8-4-11(3,15)6-12-5-9(8)14-10/h4-7H,15H2,1-3H3. The molecule has 4 heteroatoms. The lowest BCUT2D eigenvalue weighted by molar-refractivity contribution is 0.447. The molecular formula is C11H15N2OP. The monoisotopic (exact) mass is 222 g/mol. The minimum atomic E-state index is -0.146. The Bertz CT molecular complexity index is 511. The molecule has 2 rings (SSSR count). The maximum absolute atomic E-state index is 5.62. The normalized spacial score (nSPS) is 24.3. The maximum Gasteiger partial charge on any atom is 0.198 e. The third-order valence-corrected chi connectivity index (χ3v) is 2.50. The van der Waals surface area contributed by atoms with Crippen LogP contribution >= 0.6 is 9.24 Å². The molecule has 2 atom stereocenters. The Morgan fingerprint density at radius 2 is 2.20 bits per heavy atom. The zero-order valence-corrected chi connectivity index (χ0v) is 10.3. The molecule has 2 unspecified atom stereocenters. The molecule has 0 aliphatic carbocycles. The summed E-state index contributed by atoms with van der Waals surface area (Å²) in [6.45, 7) is 6.19. The molecule has 1 aliphatic heterocycles. The summed E-state index contributed by atoms with van der Waals surface area (Å²) in [7, 11) is 2.75. The summed E-state index contributed by atoms with van der Waals surface area (Å²) in [6.07, 6.45) is 5.64. The van der Waals surface area contributed by atoms with Crippen LogP contribution in [0.5, 0.6) is 0 Å². The first-order valence-electron chi connectivity index (χ1n) is 5.01. The summed E-state index contributed by atoms with van der Waals surface area (Å²) in [6, 6.07) is 0. The Morgan fingerprint density at radius 3 is 2.87 bits per heavy atom. The van der Waals surface area contributed by atoms with Gasteiger partial charge in [-0.25, -0.2) is 4.98 Å². The number of fused-ring (bicyclic) bond motifs is 1. The van der Waals surface area contributed by atoms with Crippen LogP contribution in [0.3, 0.4) is 0 Å². The van der Waals surface area contributed by atoms with E-state index in [0.717, 1.165) is 16.7 Å². The first kappa shape index (κ1) is 10.6. The molecule has 0 spiro atoms. The molecule has 1 aromatic heterocycles. The number of aromatic nitrogens is 1. The number of nitrogens with zero attached hydrogens (tertiary/aromatic N) is 2. The number of aliphatic imine (C=N–C) groups is 1. The summed E-state index contributed by atoms with van der Waals surface area (Å²) in [5, 5.41) is 0.737. The van der Waals surface area contributed by atoms with E-state index in [1.54, 1.807) is 6.20 Å². The molecule has 15 heavy (non-hydrogen) atoms. The molecule has 0 amide bonds. The van der Waals surface area contributed by atoms with Gasteiger partial charge < -0.3 is 4.42 Å². The molecule has 0 saturated heterocycles. The van der Waals surface area contributed by atoms with Crippen LogP contribution in [0.25, 0.3) is 12.3 Å². The van der Waals surface area contributed by atoms with Crippen LogP contribution in [0, 0.1) is 0 Å². The number of hydrogen-bond donors (Lipinski definition) is 0. The SMILES string of the molecule is CC(C)c1nc2c(o1)=CN=CC(C)(P)C=2. The second kappa shape index (κ2) is 3.57. The van der Waals surface area contributed by atoms with Crippen LogP contribution in [-0.4, -0.2) is 16.4 Å². The Hall–Kier alpha value is -0.950. The Kier molecular flexibility index (Phi) is 2.51. The van der Waals surface area contributed by atoms with Crippen LogP contribution in [-0.2, 0) is 0 Å². The minimum Gasteiger partial charge on any atom is -0.439 e. The molecule has 0 saturated carbocycles. The van der Waals surface area contributed by atoms with Crippen molar-refractivity contribution < 1.29 is 4.42 Å². The molecule has 1 aliphatic rings. The summed E-state index contributed by atoms with van der Waals surface area (Å²) in [5.41, 5.74) is 0.751. The van der Waals surface area contributed by atoms with Crippen molar-refractivity contribution >= 4 is 27.7 Å². The maximum atomic E-state index is 5.62. The van der Waals surface area contributed by atoms with Gasteiger partial charge in [0.25, 0.3) is 0 Å². The van der Waals surface area contributed by atoms with Crippen molar-refractivity contribution in [2.45, 2.75) is 31.8 Å². The van der Waals surface area contributed by atoms with Gasteiger partial charge in [-0.3, -0.25) is 4.99 Å². The highest BCUT2D eigenvalue weighted by molar-refractivity contribution is 7.21. The van der Waals surface area contributed by atoms with E-state index in [0.29, 0.717) is 5.92 Å². The molecule has 80 valence electrons. The van der Waals surface area contributed by atoms with Crippen molar-refractivity contribution in [1.82, 2.24) is 4.98 Å². The molecule has 3 nitrogen and oxygen atoms in total. The molecule has 2 heterocycles. The number of oxazole rings is 1. The van der Waals surface area contributed by atoms with E-state index in [2.05, 4.69) is 46.1 Å². The Morgan fingerprint density at radius 1 is 1.47 bits per heavy atom. The van der Waals surface area contributed by atoms with E-state index in [1.165, 1.54) is 0 Å². The van der Waals surface area contributed by atoms with Crippen LogP contribution in [0.15, 0.2) is 9.41 Å². The Labute approximate surface area is 91.2 Å². The molecule has 0 bridgehead atoms. The van der Waals surface area contributed by atoms with Crippen LogP contribution < -0.4 is 10.8 Å². The highest BCUT2D eigenvalue weighted by Gasteiger charge is 2.15. The fourth-order valence-corrected chi connectivity index (χ4v) is 1.65. The quantitative estimate of drug-likeness (QED) is 0.666. The van der Waals surface area contributed by atoms with E-state index >= 15 is 0 Å². The predicted octanol–water partition coefficient (Wildman–Crippen LogP) is 1.03. The lowest BCUT2D eigenvalue weighted by Crippen LogP contribution is -2.26. The van der Waals surface area contributed by atoms with Crippen LogP contribution in [0.4, 0.5) is 0 Å². The summed E-state index contributed by atoms with van der Waals surface area (Å²) >= 11 is 0. The van der Waals surface area contributed by atoms with Gasteiger partial charge in [0.05, 0.1) is 6.20 Å². The highest BCUT2D eigenvalue weighted by Crippen LogP contribution is 2.17. The average molecular weight is 222 g/mol. The van der Waals surface area contributed by atoms with Gasteiger partial charge in [-0.1, -0.05) is 13.8 Å². The van der Waals surface area contributed by atoms with E-state index in [-0.39, 0.29) is 5.16 Å². The van der Waals surface area contributed by atoms with E-state index in [1.807, 2.05) is 6.21 Å². The van der Waals surface area contributed by atoms with Gasteiger partial charge in [0.2, 0.25) is 0 Å². The largest absolute Gasteiger partial charge is 0.439 e. The van der Waals surface area contributed by atoms with Crippen molar-refractivity contribution in [2.75, 3.05) is 0 Å². The third kappa shape index (κ3) is 2.18. The van der Waals surface area contributed by atoms with Crippen molar-refractivity contribution in [3.8, 4) is 0 Å². The molecule has 0 aromatic carbocycles. The van der Waals surface area contributed by atoms with Crippen molar-refractivity contribution in [3.63, 3.8) is 0 Å². The van der Waals surface area contributed by atoms with Gasteiger partial charge in [0.15, 0.2) is 11.3 Å². The second-order valence-corrected chi connectivity index (χ2v) is 5.62. The molecule has 0 N–H and O–H groups in total. The van der Waals surface area contributed by atoms with Gasteiger partial charge in [0.1, 0.15) is 5.35 Å². The van der Waals surface area contributed by atoms with Gasteiger partial charge >= 0.3 is 0 Å². The average Bonchev–Trinajstić information content (AvgIpc) is 2.42. The first-order chi connectivity index (χ1) is 6.98. The minimum absolute atomic E-state index is 0.146. The molecular weight excluding hydrogens is 207 g/mol. The Balaban J connectivity index is 2.65. The van der Waals surface area contributed by atoms with E-state index < -0.39 is 0 Å². The zero-order valence-electron chi connectivity index (χ0n) is 9.19. The first-order valence-corrected chi connectivity index (χ1v) is 5.59. The predicted molar refractivity (Wildman–Crippen MR) is 65.4 cm³/mol. The highest BCUT2D eigenvalue weighted by atomic mass is 31.0. The second-order valence-electron chi connectivity index (χ2n) is 4.37. The smallest absolute Gasteiger partial charge is 0.198 e.